The molecule has 172 valence electrons. The molecular formula is C23H15BrF2N4O4. The normalized spacial score (nSPS) is 15.5. The number of hydrogen-bond donors (Lipinski definition) is 1. The van der Waals surface area contributed by atoms with Gasteiger partial charge in [-0.15, -0.1) is 0 Å². The number of allylic oxidation sites excluding steroid dienone is 1. The molecule has 1 aliphatic rings. The van der Waals surface area contributed by atoms with Gasteiger partial charge in [0.25, 0.3) is 0 Å². The monoisotopic (exact) mass is 528 g/mol. The van der Waals surface area contributed by atoms with E-state index in [0.717, 1.165) is 14.2 Å². The zero-order valence-electron chi connectivity index (χ0n) is 17.7. The van der Waals surface area contributed by atoms with Gasteiger partial charge in [0.2, 0.25) is 0 Å². The van der Waals surface area contributed by atoms with Gasteiger partial charge in [-0.05, 0) is 27.6 Å². The second-order valence-corrected chi connectivity index (χ2v) is 7.62. The topological polar surface area (TPSA) is 129 Å². The molecule has 0 radical (unpaired) electrons. The highest BCUT2D eigenvalue weighted by atomic mass is 79.9. The molecule has 0 spiro atoms. The summed E-state index contributed by atoms with van der Waals surface area (Å²) in [7, 11) is 2.08. The van der Waals surface area contributed by atoms with E-state index in [1.165, 1.54) is 6.07 Å². The van der Waals surface area contributed by atoms with Crippen molar-refractivity contribution in [2.24, 2.45) is 5.73 Å². The predicted molar refractivity (Wildman–Crippen MR) is 118 cm³/mol. The standard InChI is InChI=1S/C23H15BrF2N4O4/c1-33-22(31)16-15(11-6-4-3-5-7-11)13(10-28)21(29)30(20(16)23(32)34-2)19-14(25)8-12(9-27)18(26)17(19)24/h3-8,15H,29H2,1-2H3. The van der Waals surface area contributed by atoms with Crippen molar-refractivity contribution in [2.75, 3.05) is 19.1 Å². The quantitative estimate of drug-likeness (QED) is 0.471. The van der Waals surface area contributed by atoms with Crippen molar-refractivity contribution in [3.8, 4) is 12.1 Å². The zero-order chi connectivity index (χ0) is 25.2. The first-order valence-corrected chi connectivity index (χ1v) is 10.3. The van der Waals surface area contributed by atoms with E-state index in [1.54, 1.807) is 30.3 Å². The Morgan fingerprint density at radius 1 is 1.09 bits per heavy atom. The van der Waals surface area contributed by atoms with Gasteiger partial charge in [0.1, 0.15) is 29.1 Å². The van der Waals surface area contributed by atoms with Gasteiger partial charge < -0.3 is 15.2 Å². The minimum Gasteiger partial charge on any atom is -0.466 e. The first kappa shape index (κ1) is 24.4. The molecule has 0 saturated carbocycles. The fourth-order valence-electron chi connectivity index (χ4n) is 3.62. The van der Waals surface area contributed by atoms with Crippen molar-refractivity contribution < 1.29 is 27.8 Å². The molecule has 8 nitrogen and oxygen atoms in total. The number of nitriles is 2. The van der Waals surface area contributed by atoms with Crippen molar-refractivity contribution in [3.63, 3.8) is 0 Å². The third kappa shape index (κ3) is 3.87. The predicted octanol–water partition coefficient (Wildman–Crippen LogP) is 3.50. The van der Waals surface area contributed by atoms with Crippen LogP contribution in [0.15, 0.2) is 63.5 Å². The van der Waals surface area contributed by atoms with Gasteiger partial charge in [0, 0.05) is 0 Å². The van der Waals surface area contributed by atoms with Crippen LogP contribution in [0.3, 0.4) is 0 Å². The molecule has 3 rings (SSSR count). The van der Waals surface area contributed by atoms with Crippen LogP contribution < -0.4 is 10.6 Å². The van der Waals surface area contributed by atoms with Crippen LogP contribution in [0.2, 0.25) is 0 Å². The van der Waals surface area contributed by atoms with Crippen LogP contribution in [-0.4, -0.2) is 26.2 Å². The zero-order valence-corrected chi connectivity index (χ0v) is 19.3. The van der Waals surface area contributed by atoms with Crippen molar-refractivity contribution in [1.82, 2.24) is 0 Å². The molecule has 1 heterocycles. The van der Waals surface area contributed by atoms with E-state index in [2.05, 4.69) is 15.9 Å². The number of halogens is 3. The van der Waals surface area contributed by atoms with E-state index in [9.17, 15) is 19.2 Å². The van der Waals surface area contributed by atoms with E-state index in [4.69, 9.17) is 20.5 Å². The van der Waals surface area contributed by atoms with Crippen LogP contribution in [0.4, 0.5) is 14.5 Å². The van der Waals surface area contributed by atoms with Crippen molar-refractivity contribution in [3.05, 3.63) is 86.3 Å². The summed E-state index contributed by atoms with van der Waals surface area (Å²) in [6.45, 7) is 0. The first-order valence-electron chi connectivity index (χ1n) is 9.46. The SMILES string of the molecule is COC(=O)C1=C(C(=O)OC)N(c2c(F)cc(C#N)c(F)c2Br)C(N)=C(C#N)C1c1ccccc1. The van der Waals surface area contributed by atoms with Gasteiger partial charge in [0.15, 0.2) is 5.82 Å². The number of nitrogens with zero attached hydrogens (tertiary/aromatic N) is 3. The summed E-state index contributed by atoms with van der Waals surface area (Å²) in [5, 5.41) is 19.0. The summed E-state index contributed by atoms with van der Waals surface area (Å²) in [5.41, 5.74) is 4.22. The summed E-state index contributed by atoms with van der Waals surface area (Å²) in [5.74, 6) is -6.07. The highest BCUT2D eigenvalue weighted by Gasteiger charge is 2.44. The van der Waals surface area contributed by atoms with E-state index < -0.39 is 56.7 Å². The van der Waals surface area contributed by atoms with Gasteiger partial charge >= 0.3 is 11.9 Å². The fraction of sp³-hybridized carbons (Fsp3) is 0.130. The molecule has 0 amide bonds. The van der Waals surface area contributed by atoms with Crippen LogP contribution in [-0.2, 0) is 19.1 Å². The Bertz CT molecular complexity index is 1340. The third-order valence-corrected chi connectivity index (χ3v) is 5.81. The smallest absolute Gasteiger partial charge is 0.355 e. The Balaban J connectivity index is 2.51. The first-order chi connectivity index (χ1) is 16.2. The third-order valence-electron chi connectivity index (χ3n) is 5.09. The van der Waals surface area contributed by atoms with Gasteiger partial charge in [-0.3, -0.25) is 4.90 Å². The highest BCUT2D eigenvalue weighted by molar-refractivity contribution is 9.10. The number of nitrogens with two attached hydrogens (primary N) is 1. The lowest BCUT2D eigenvalue weighted by molar-refractivity contribution is -0.139. The van der Waals surface area contributed by atoms with Gasteiger partial charge in [-0.2, -0.15) is 10.5 Å². The van der Waals surface area contributed by atoms with E-state index in [-0.39, 0.29) is 11.1 Å². The molecule has 1 unspecified atom stereocenters. The molecule has 1 atom stereocenters. The molecule has 11 heteroatoms. The lowest BCUT2D eigenvalue weighted by Gasteiger charge is -2.36. The van der Waals surface area contributed by atoms with Crippen LogP contribution in [0.25, 0.3) is 0 Å². The van der Waals surface area contributed by atoms with Crippen molar-refractivity contribution in [1.29, 1.82) is 10.5 Å². The maximum absolute atomic E-state index is 15.2. The fourth-order valence-corrected chi connectivity index (χ4v) is 4.20. The maximum Gasteiger partial charge on any atom is 0.355 e. The molecule has 2 N–H and O–H groups in total. The molecule has 1 aliphatic heterocycles. The van der Waals surface area contributed by atoms with Crippen LogP contribution in [0, 0.1) is 34.3 Å². The number of carbonyl (C=O) groups is 2. The van der Waals surface area contributed by atoms with E-state index in [0.29, 0.717) is 16.5 Å². The molecule has 2 aromatic rings. The number of hydrogen-bond acceptors (Lipinski definition) is 8. The Morgan fingerprint density at radius 3 is 2.24 bits per heavy atom. The minimum atomic E-state index is -1.17. The van der Waals surface area contributed by atoms with Crippen LogP contribution >= 0.6 is 15.9 Å². The van der Waals surface area contributed by atoms with Crippen molar-refractivity contribution in [2.45, 2.75) is 5.92 Å². The molecule has 0 fully saturated rings. The summed E-state index contributed by atoms with van der Waals surface area (Å²) in [4.78, 5) is 26.6. The van der Waals surface area contributed by atoms with Crippen LogP contribution in [0.5, 0.6) is 0 Å². The number of ether oxygens (including phenoxy) is 2. The number of esters is 2. The number of benzene rings is 2. The molecular weight excluding hydrogens is 514 g/mol. The van der Waals surface area contributed by atoms with E-state index in [1.807, 2.05) is 6.07 Å². The molecule has 2 aromatic carbocycles. The van der Waals surface area contributed by atoms with Gasteiger partial charge in [0.05, 0.1) is 47.4 Å². The summed E-state index contributed by atoms with van der Waals surface area (Å²) in [6.07, 6.45) is 0. The summed E-state index contributed by atoms with van der Waals surface area (Å²) in [6, 6.07) is 12.2. The molecule has 0 saturated heterocycles. The summed E-state index contributed by atoms with van der Waals surface area (Å²) < 4.78 is 39.1. The van der Waals surface area contributed by atoms with Gasteiger partial charge in [-0.1, -0.05) is 30.3 Å². The molecule has 0 bridgehead atoms. The van der Waals surface area contributed by atoms with Gasteiger partial charge in [-0.25, -0.2) is 18.4 Å². The number of carbonyl (C=O) groups excluding carboxylic acids is 2. The molecule has 0 aromatic heterocycles. The lowest BCUT2D eigenvalue weighted by Crippen LogP contribution is -2.41. The average Bonchev–Trinajstić information content (AvgIpc) is 2.85. The average molecular weight is 529 g/mol. The number of rotatable bonds is 4. The van der Waals surface area contributed by atoms with E-state index >= 15 is 4.39 Å². The Hall–Kier alpha value is -4.22. The maximum atomic E-state index is 15.2. The minimum absolute atomic E-state index is 0.227. The van der Waals surface area contributed by atoms with Crippen LogP contribution in [0.1, 0.15) is 17.0 Å². The number of anilines is 1. The summed E-state index contributed by atoms with van der Waals surface area (Å²) >= 11 is 2.90. The number of methoxy groups -OCH3 is 2. The van der Waals surface area contributed by atoms with Crippen molar-refractivity contribution >= 4 is 33.6 Å². The highest BCUT2D eigenvalue weighted by Crippen LogP contribution is 2.46. The Kier molecular flexibility index (Phi) is 6.99. The molecule has 34 heavy (non-hydrogen) atoms. The lowest BCUT2D eigenvalue weighted by atomic mass is 9.81. The molecule has 0 aliphatic carbocycles. The Morgan fingerprint density at radius 2 is 1.71 bits per heavy atom. The Labute approximate surface area is 201 Å². The largest absolute Gasteiger partial charge is 0.466 e. The second kappa shape index (κ2) is 9.73. The second-order valence-electron chi connectivity index (χ2n) is 6.83.